The number of morpholine rings is 1. The first-order chi connectivity index (χ1) is 28.6. The molecule has 0 atom stereocenters. The first kappa shape index (κ1) is 58.9. The maximum Gasteiger partial charge on any atom is 0.290 e. The number of unbranched alkanes of at least 4 members (excludes halogenated alkanes) is 20. The maximum absolute atomic E-state index is 8.36. The van der Waals surface area contributed by atoms with Crippen LogP contribution in [0.2, 0.25) is 0 Å². The fourth-order valence-corrected chi connectivity index (χ4v) is 8.87. The summed E-state index contributed by atoms with van der Waals surface area (Å²) in [5.74, 6) is 2.80. The van der Waals surface area contributed by atoms with Gasteiger partial charge >= 0.3 is 0 Å². The van der Waals surface area contributed by atoms with Gasteiger partial charge in [-0.15, -0.1) is 0 Å². The van der Waals surface area contributed by atoms with Crippen LogP contribution >= 0.6 is 0 Å². The van der Waals surface area contributed by atoms with Crippen LogP contribution < -0.4 is 0 Å². The summed E-state index contributed by atoms with van der Waals surface area (Å²) in [4.78, 5) is 19.3. The molecule has 58 heavy (non-hydrogen) atoms. The third-order valence-electron chi connectivity index (χ3n) is 12.5. The molecule has 0 bridgehead atoms. The Bertz CT molecular complexity index is 695. The highest BCUT2D eigenvalue weighted by Crippen LogP contribution is 2.26. The lowest BCUT2D eigenvalue weighted by molar-refractivity contribution is -0.123. The van der Waals surface area contributed by atoms with Gasteiger partial charge in [-0.1, -0.05) is 233 Å². The van der Waals surface area contributed by atoms with Gasteiger partial charge in [0, 0.05) is 32.8 Å². The van der Waals surface area contributed by atoms with Crippen LogP contribution in [-0.2, 0) is 19.1 Å². The lowest BCUT2D eigenvalue weighted by Gasteiger charge is -2.26. The minimum atomic E-state index is -0.250. The van der Waals surface area contributed by atoms with E-state index in [2.05, 4.69) is 32.6 Å². The summed E-state index contributed by atoms with van der Waals surface area (Å²) < 4.78 is 11.9. The molecular weight excluding hydrogens is 723 g/mol. The third kappa shape index (κ3) is 45.9. The molecular formula is C51H103NO6. The van der Waals surface area contributed by atoms with Crippen molar-refractivity contribution in [3.63, 3.8) is 0 Å². The second-order valence-corrected chi connectivity index (χ2v) is 17.8. The number of nitrogens with zero attached hydrogens (tertiary/aromatic N) is 1. The van der Waals surface area contributed by atoms with Gasteiger partial charge in [-0.05, 0) is 37.0 Å². The predicted molar refractivity (Wildman–Crippen MR) is 250 cm³/mol. The predicted octanol–water partition coefficient (Wildman–Crippen LogP) is 15.3. The van der Waals surface area contributed by atoms with Crippen LogP contribution in [-0.4, -0.2) is 74.1 Å². The van der Waals surface area contributed by atoms with Crippen LogP contribution in [0.15, 0.2) is 0 Å². The Balaban J connectivity index is 0. The average Bonchev–Trinajstić information content (AvgIpc) is 3.22. The number of hydrogen-bond donors (Lipinski definition) is 2. The van der Waals surface area contributed by atoms with Crippen LogP contribution in [0.4, 0.5) is 0 Å². The van der Waals surface area contributed by atoms with Crippen molar-refractivity contribution in [2.45, 2.75) is 252 Å². The molecule has 0 aliphatic carbocycles. The molecule has 0 spiro atoms. The summed E-state index contributed by atoms with van der Waals surface area (Å²) in [6.45, 7) is 16.0. The smallest absolute Gasteiger partial charge is 0.290 e. The molecule has 2 N–H and O–H groups in total. The number of ether oxygens (including phenoxy) is 2. The summed E-state index contributed by atoms with van der Waals surface area (Å²) in [7, 11) is 0. The van der Waals surface area contributed by atoms with Gasteiger partial charge in [0.2, 0.25) is 0 Å². The molecule has 7 heteroatoms. The Morgan fingerprint density at radius 2 is 0.724 bits per heavy atom. The van der Waals surface area contributed by atoms with Crippen LogP contribution in [0.25, 0.3) is 0 Å². The molecule has 0 aromatic heterocycles. The Morgan fingerprint density at radius 1 is 0.448 bits per heavy atom. The van der Waals surface area contributed by atoms with E-state index in [0.29, 0.717) is 0 Å². The van der Waals surface area contributed by atoms with Gasteiger partial charge in [-0.25, -0.2) is 0 Å². The van der Waals surface area contributed by atoms with E-state index >= 15 is 0 Å². The maximum atomic E-state index is 8.36. The van der Waals surface area contributed by atoms with E-state index in [1.54, 1.807) is 0 Å². The molecule has 1 heterocycles. The molecule has 0 aromatic rings. The van der Waals surface area contributed by atoms with Gasteiger partial charge in [0.1, 0.15) is 0 Å². The average molecular weight is 826 g/mol. The Morgan fingerprint density at radius 3 is 1.03 bits per heavy atom. The zero-order chi connectivity index (χ0) is 42.8. The van der Waals surface area contributed by atoms with E-state index in [0.717, 1.165) is 57.3 Å². The third-order valence-corrected chi connectivity index (χ3v) is 12.5. The fourth-order valence-electron chi connectivity index (χ4n) is 8.87. The van der Waals surface area contributed by atoms with Crippen molar-refractivity contribution in [2.24, 2.45) is 17.8 Å². The highest BCUT2D eigenvalue weighted by molar-refractivity contribution is 5.33. The second kappa shape index (κ2) is 52.0. The molecule has 348 valence electrons. The molecule has 0 aromatic carbocycles. The van der Waals surface area contributed by atoms with E-state index < -0.39 is 0 Å². The number of rotatable bonds is 42. The van der Waals surface area contributed by atoms with Crippen LogP contribution in [0.3, 0.4) is 0 Å². The quantitative estimate of drug-likeness (QED) is 0.0467. The second-order valence-electron chi connectivity index (χ2n) is 17.8. The normalized spacial score (nSPS) is 13.1. The number of carboxylic acid groups (broad SMARTS) is 2. The van der Waals surface area contributed by atoms with Gasteiger partial charge in [0.05, 0.1) is 13.2 Å². The van der Waals surface area contributed by atoms with E-state index in [-0.39, 0.29) is 12.9 Å². The van der Waals surface area contributed by atoms with E-state index in [4.69, 9.17) is 29.3 Å². The Hall–Kier alpha value is -1.18. The van der Waals surface area contributed by atoms with Gasteiger partial charge in [0.15, 0.2) is 0 Å². The molecule has 1 aliphatic heterocycles. The van der Waals surface area contributed by atoms with Gasteiger partial charge < -0.3 is 19.7 Å². The fraction of sp³-hybridized carbons (Fsp3) is 0.961. The number of hydrogen-bond acceptors (Lipinski definition) is 5. The van der Waals surface area contributed by atoms with Gasteiger partial charge in [-0.2, -0.15) is 0 Å². The summed E-state index contributed by atoms with van der Waals surface area (Å²) in [6, 6.07) is 0. The van der Waals surface area contributed by atoms with E-state index in [1.165, 1.54) is 231 Å². The lowest BCUT2D eigenvalue weighted by atomic mass is 9.90. The number of carbonyl (C=O) groups is 2. The van der Waals surface area contributed by atoms with Crippen molar-refractivity contribution in [1.29, 1.82) is 0 Å². The molecule has 0 radical (unpaired) electrons. The summed E-state index contributed by atoms with van der Waals surface area (Å²) in [5.41, 5.74) is 0. The van der Waals surface area contributed by atoms with Gasteiger partial charge in [0.25, 0.3) is 12.9 Å². The lowest BCUT2D eigenvalue weighted by Crippen LogP contribution is -2.37. The van der Waals surface area contributed by atoms with Crippen molar-refractivity contribution >= 4 is 12.9 Å². The van der Waals surface area contributed by atoms with Gasteiger partial charge in [-0.3, -0.25) is 14.5 Å². The summed E-state index contributed by atoms with van der Waals surface area (Å²) in [6.07, 6.45) is 50.3. The Kier molecular flexibility index (Phi) is 52.8. The summed E-state index contributed by atoms with van der Waals surface area (Å²) in [5, 5.41) is 13.8. The van der Waals surface area contributed by atoms with E-state index in [9.17, 15) is 0 Å². The van der Waals surface area contributed by atoms with E-state index in [1.807, 2.05) is 0 Å². The Labute approximate surface area is 362 Å². The minimum Gasteiger partial charge on any atom is -0.483 e. The van der Waals surface area contributed by atoms with Crippen molar-refractivity contribution in [3.8, 4) is 0 Å². The van der Waals surface area contributed by atoms with Crippen molar-refractivity contribution in [1.82, 2.24) is 4.90 Å². The van der Waals surface area contributed by atoms with Crippen molar-refractivity contribution in [3.05, 3.63) is 0 Å². The standard InChI is InChI=1S/C49H99NO2.2CH2O2/c1-5-9-23-32-47(33-24-10-6-2)36-27-19-15-13-17-21-29-38-49(46-52-43-31-40-50-41-44-51-45-42-50)39-30-22-18-14-16-20-28-37-48(34-25-11-7-3)35-26-12-8-4;2*2-1-3/h47-49H,5-46H2,1-4H3;2*1H,(H,2,3). The highest BCUT2D eigenvalue weighted by atomic mass is 16.5. The van der Waals surface area contributed by atoms with Crippen LogP contribution in [0, 0.1) is 17.8 Å². The first-order valence-corrected chi connectivity index (χ1v) is 25.6. The monoisotopic (exact) mass is 826 g/mol. The topological polar surface area (TPSA) is 96.3 Å². The zero-order valence-corrected chi connectivity index (χ0v) is 39.6. The van der Waals surface area contributed by atoms with Crippen molar-refractivity contribution in [2.75, 3.05) is 46.1 Å². The minimum absolute atomic E-state index is 0.250. The SMILES string of the molecule is CCCCCC(CCCCC)CCCCCCCCCC(CCCCCCCCCC(CCCCC)CCCCC)COCCCN1CCOCC1.O=CO.O=CO. The largest absolute Gasteiger partial charge is 0.483 e. The molecule has 1 aliphatic rings. The van der Waals surface area contributed by atoms with Crippen LogP contribution in [0.1, 0.15) is 252 Å². The first-order valence-electron chi connectivity index (χ1n) is 25.6. The zero-order valence-electron chi connectivity index (χ0n) is 39.6. The molecule has 0 unspecified atom stereocenters. The molecule has 1 rings (SSSR count). The highest BCUT2D eigenvalue weighted by Gasteiger charge is 2.13. The summed E-state index contributed by atoms with van der Waals surface area (Å²) >= 11 is 0. The molecule has 0 saturated carbocycles. The molecule has 7 nitrogen and oxygen atoms in total. The van der Waals surface area contributed by atoms with Crippen LogP contribution in [0.5, 0.6) is 0 Å². The molecule has 1 saturated heterocycles. The molecule has 0 amide bonds. The van der Waals surface area contributed by atoms with Crippen molar-refractivity contribution < 1.29 is 29.3 Å². The molecule has 1 fully saturated rings.